The van der Waals surface area contributed by atoms with Crippen molar-refractivity contribution in [1.82, 2.24) is 10.6 Å². The molecule has 0 heterocycles. The molecule has 0 bridgehead atoms. The van der Waals surface area contributed by atoms with Crippen molar-refractivity contribution < 1.29 is 9.13 Å². The third kappa shape index (κ3) is 7.70. The quantitative estimate of drug-likeness (QED) is 0.349. The van der Waals surface area contributed by atoms with Crippen LogP contribution in [0.4, 0.5) is 4.39 Å². The van der Waals surface area contributed by atoms with Gasteiger partial charge in [0.05, 0.1) is 6.61 Å². The Hall–Kier alpha value is -1.67. The fourth-order valence-electron chi connectivity index (χ4n) is 2.40. The molecule has 0 spiro atoms. The minimum Gasteiger partial charge on any atom is -0.377 e. The summed E-state index contributed by atoms with van der Waals surface area (Å²) in [5.41, 5.74) is 3.03. The molecule has 26 heavy (non-hydrogen) atoms. The van der Waals surface area contributed by atoms with E-state index in [1.165, 1.54) is 6.07 Å². The standard InChI is InChI=1S/C20H26FN3O.HI/c1-3-25-15-17-10-8-16(9-11-17)14-24-20(22-2)23-13-12-18-6-4-5-7-19(18)21;/h4-11H,3,12-15H2,1-2H3,(H2,22,23,24);1H. The highest BCUT2D eigenvalue weighted by atomic mass is 127. The number of ether oxygens (including phenoxy) is 1. The van der Waals surface area contributed by atoms with Gasteiger partial charge in [-0.2, -0.15) is 0 Å². The first kappa shape index (κ1) is 22.4. The van der Waals surface area contributed by atoms with Gasteiger partial charge in [0, 0.05) is 26.7 Å². The van der Waals surface area contributed by atoms with E-state index >= 15 is 0 Å². The number of nitrogens with zero attached hydrogens (tertiary/aromatic N) is 1. The second-order valence-electron chi connectivity index (χ2n) is 5.65. The summed E-state index contributed by atoms with van der Waals surface area (Å²) in [5, 5.41) is 6.47. The van der Waals surface area contributed by atoms with Gasteiger partial charge in [0.25, 0.3) is 0 Å². The summed E-state index contributed by atoms with van der Waals surface area (Å²) in [4.78, 5) is 4.20. The van der Waals surface area contributed by atoms with Crippen molar-refractivity contribution in [2.75, 3.05) is 20.2 Å². The number of hydrogen-bond acceptors (Lipinski definition) is 2. The normalized spacial score (nSPS) is 11.0. The Balaban J connectivity index is 0.00000338. The molecule has 142 valence electrons. The number of guanidine groups is 1. The lowest BCUT2D eigenvalue weighted by atomic mass is 10.1. The van der Waals surface area contributed by atoms with Crippen LogP contribution in [-0.2, 0) is 24.3 Å². The lowest BCUT2D eigenvalue weighted by molar-refractivity contribution is 0.134. The van der Waals surface area contributed by atoms with Crippen LogP contribution < -0.4 is 10.6 Å². The van der Waals surface area contributed by atoms with Gasteiger partial charge in [0.2, 0.25) is 0 Å². The van der Waals surface area contributed by atoms with E-state index < -0.39 is 0 Å². The molecule has 0 fully saturated rings. The van der Waals surface area contributed by atoms with E-state index in [2.05, 4.69) is 39.9 Å². The summed E-state index contributed by atoms with van der Waals surface area (Å²) in [6.07, 6.45) is 0.611. The van der Waals surface area contributed by atoms with Crippen molar-refractivity contribution in [1.29, 1.82) is 0 Å². The molecule has 0 saturated heterocycles. The molecular formula is C20H27FIN3O. The summed E-state index contributed by atoms with van der Waals surface area (Å²) in [6.45, 7) is 4.65. The van der Waals surface area contributed by atoms with Crippen molar-refractivity contribution in [3.8, 4) is 0 Å². The predicted octanol–water partition coefficient (Wildman–Crippen LogP) is 3.89. The minimum absolute atomic E-state index is 0. The Labute approximate surface area is 172 Å². The Morgan fingerprint density at radius 1 is 1.04 bits per heavy atom. The van der Waals surface area contributed by atoms with Gasteiger partial charge in [0.15, 0.2) is 5.96 Å². The minimum atomic E-state index is -0.167. The molecule has 0 aliphatic heterocycles. The lowest BCUT2D eigenvalue weighted by Crippen LogP contribution is -2.37. The van der Waals surface area contributed by atoms with Gasteiger partial charge in [-0.3, -0.25) is 4.99 Å². The third-order valence-corrected chi connectivity index (χ3v) is 3.82. The molecule has 2 rings (SSSR count). The predicted molar refractivity (Wildman–Crippen MR) is 115 cm³/mol. The van der Waals surface area contributed by atoms with Crippen LogP contribution in [0.15, 0.2) is 53.5 Å². The fraction of sp³-hybridized carbons (Fsp3) is 0.350. The molecule has 0 amide bonds. The molecule has 0 aliphatic carbocycles. The van der Waals surface area contributed by atoms with Gasteiger partial charge >= 0.3 is 0 Å². The van der Waals surface area contributed by atoms with Gasteiger partial charge in [-0.15, -0.1) is 24.0 Å². The summed E-state index contributed by atoms with van der Waals surface area (Å²) >= 11 is 0. The van der Waals surface area contributed by atoms with Crippen LogP contribution in [0.5, 0.6) is 0 Å². The maximum absolute atomic E-state index is 13.6. The van der Waals surface area contributed by atoms with Gasteiger partial charge in [-0.05, 0) is 36.1 Å². The Kier molecular flexibility index (Phi) is 10.9. The van der Waals surface area contributed by atoms with E-state index in [9.17, 15) is 4.39 Å². The summed E-state index contributed by atoms with van der Waals surface area (Å²) < 4.78 is 19.0. The maximum Gasteiger partial charge on any atom is 0.191 e. The van der Waals surface area contributed by atoms with Gasteiger partial charge in [-0.25, -0.2) is 4.39 Å². The first-order valence-electron chi connectivity index (χ1n) is 8.56. The molecule has 6 heteroatoms. The zero-order chi connectivity index (χ0) is 17.9. The molecule has 4 nitrogen and oxygen atoms in total. The highest BCUT2D eigenvalue weighted by Gasteiger charge is 2.02. The summed E-state index contributed by atoms with van der Waals surface area (Å²) in [6, 6.07) is 15.1. The SMILES string of the molecule is CCOCc1ccc(CNC(=NC)NCCc2ccccc2F)cc1.I. The van der Waals surface area contributed by atoms with Crippen LogP contribution in [0.2, 0.25) is 0 Å². The van der Waals surface area contributed by atoms with Crippen LogP contribution in [0.3, 0.4) is 0 Å². The number of aliphatic imine (C=N–C) groups is 1. The first-order valence-corrected chi connectivity index (χ1v) is 8.56. The molecule has 2 aromatic rings. The van der Waals surface area contributed by atoms with Crippen molar-refractivity contribution in [3.63, 3.8) is 0 Å². The van der Waals surface area contributed by atoms with E-state index in [1.807, 2.05) is 13.0 Å². The van der Waals surface area contributed by atoms with E-state index in [0.717, 1.165) is 17.7 Å². The summed E-state index contributed by atoms with van der Waals surface area (Å²) in [5.74, 6) is 0.536. The topological polar surface area (TPSA) is 45.6 Å². The van der Waals surface area contributed by atoms with E-state index in [0.29, 0.717) is 37.6 Å². The van der Waals surface area contributed by atoms with E-state index in [4.69, 9.17) is 4.74 Å². The highest BCUT2D eigenvalue weighted by molar-refractivity contribution is 14.0. The van der Waals surface area contributed by atoms with Gasteiger partial charge in [0.1, 0.15) is 5.82 Å². The van der Waals surface area contributed by atoms with E-state index in [-0.39, 0.29) is 29.8 Å². The number of hydrogen-bond donors (Lipinski definition) is 2. The molecule has 0 unspecified atom stereocenters. The van der Waals surface area contributed by atoms with Crippen molar-refractivity contribution >= 4 is 29.9 Å². The summed E-state index contributed by atoms with van der Waals surface area (Å²) in [7, 11) is 1.73. The van der Waals surface area contributed by atoms with Crippen LogP contribution in [0.1, 0.15) is 23.6 Å². The Bertz CT molecular complexity index is 677. The molecule has 0 aliphatic rings. The molecule has 0 atom stereocenters. The average Bonchev–Trinajstić information content (AvgIpc) is 2.65. The zero-order valence-electron chi connectivity index (χ0n) is 15.3. The van der Waals surface area contributed by atoms with Gasteiger partial charge < -0.3 is 15.4 Å². The average molecular weight is 471 g/mol. The van der Waals surface area contributed by atoms with Crippen LogP contribution in [0.25, 0.3) is 0 Å². The van der Waals surface area contributed by atoms with Crippen LogP contribution in [-0.4, -0.2) is 26.2 Å². The van der Waals surface area contributed by atoms with Crippen LogP contribution >= 0.6 is 24.0 Å². The number of benzene rings is 2. The molecular weight excluding hydrogens is 444 g/mol. The number of nitrogens with one attached hydrogen (secondary N) is 2. The molecule has 0 saturated carbocycles. The van der Waals surface area contributed by atoms with Crippen molar-refractivity contribution in [2.24, 2.45) is 4.99 Å². The molecule has 0 radical (unpaired) electrons. The monoisotopic (exact) mass is 471 g/mol. The smallest absolute Gasteiger partial charge is 0.191 e. The maximum atomic E-state index is 13.6. The zero-order valence-corrected chi connectivity index (χ0v) is 17.6. The molecule has 2 N–H and O–H groups in total. The van der Waals surface area contributed by atoms with Crippen molar-refractivity contribution in [2.45, 2.75) is 26.5 Å². The second-order valence-corrected chi connectivity index (χ2v) is 5.65. The Morgan fingerprint density at radius 3 is 2.38 bits per heavy atom. The highest BCUT2D eigenvalue weighted by Crippen LogP contribution is 2.07. The first-order chi connectivity index (χ1) is 12.2. The third-order valence-electron chi connectivity index (χ3n) is 3.82. The van der Waals surface area contributed by atoms with Gasteiger partial charge in [-0.1, -0.05) is 42.5 Å². The molecule has 0 aromatic heterocycles. The Morgan fingerprint density at radius 2 is 1.73 bits per heavy atom. The van der Waals surface area contributed by atoms with Crippen LogP contribution in [0, 0.1) is 5.82 Å². The molecule has 2 aromatic carbocycles. The van der Waals surface area contributed by atoms with E-state index in [1.54, 1.807) is 19.2 Å². The second kappa shape index (κ2) is 12.6. The largest absolute Gasteiger partial charge is 0.377 e. The number of rotatable bonds is 8. The number of halogens is 2. The van der Waals surface area contributed by atoms with Crippen molar-refractivity contribution in [3.05, 3.63) is 71.0 Å². The lowest BCUT2D eigenvalue weighted by Gasteiger charge is -2.12. The fourth-order valence-corrected chi connectivity index (χ4v) is 2.40.